The Labute approximate surface area is 127 Å². The smallest absolute Gasteiger partial charge is 0.230 e. The molecule has 1 heterocycles. The predicted molar refractivity (Wildman–Crippen MR) is 83.2 cm³/mol. The Morgan fingerprint density at radius 1 is 1.30 bits per heavy atom. The highest BCUT2D eigenvalue weighted by atomic mass is 79.9. The van der Waals surface area contributed by atoms with E-state index < -0.39 is 15.9 Å². The predicted octanol–water partition coefficient (Wildman–Crippen LogP) is 2.75. The second kappa shape index (κ2) is 5.69. The van der Waals surface area contributed by atoms with Crippen molar-refractivity contribution in [2.75, 3.05) is 10.7 Å². The van der Waals surface area contributed by atoms with Crippen LogP contribution in [0.1, 0.15) is 13.8 Å². The maximum atomic E-state index is 12.4. The average Bonchev–Trinajstić information content (AvgIpc) is 2.72. The van der Waals surface area contributed by atoms with Gasteiger partial charge in [-0.2, -0.15) is 0 Å². The number of halogens is 1. The summed E-state index contributed by atoms with van der Waals surface area (Å²) in [5.41, 5.74) is 0.707. The Morgan fingerprint density at radius 2 is 1.90 bits per heavy atom. The van der Waals surface area contributed by atoms with Crippen LogP contribution in [0.2, 0.25) is 0 Å². The first-order chi connectivity index (χ1) is 9.30. The number of benzene rings is 1. The van der Waals surface area contributed by atoms with Crippen molar-refractivity contribution in [3.05, 3.63) is 40.2 Å². The standard InChI is InChI=1S/C14H16BrNO3S/c1-10(2)14(17)16(12-5-3-11(15)4-6-12)13-7-8-20(18,19)9-13/h3-8,10,13H,9H2,1-2H3/t13-/m0/s1. The summed E-state index contributed by atoms with van der Waals surface area (Å²) in [4.78, 5) is 14.0. The molecule has 1 aromatic rings. The molecule has 1 aliphatic rings. The van der Waals surface area contributed by atoms with Gasteiger partial charge in [0.25, 0.3) is 0 Å². The summed E-state index contributed by atoms with van der Waals surface area (Å²) in [6.07, 6.45) is 1.58. The van der Waals surface area contributed by atoms with Gasteiger partial charge >= 0.3 is 0 Å². The van der Waals surface area contributed by atoms with Crippen molar-refractivity contribution in [2.45, 2.75) is 19.9 Å². The van der Waals surface area contributed by atoms with E-state index in [9.17, 15) is 13.2 Å². The Balaban J connectivity index is 2.38. The largest absolute Gasteiger partial charge is 0.304 e. The van der Waals surface area contributed by atoms with Crippen LogP contribution in [-0.4, -0.2) is 26.1 Å². The quantitative estimate of drug-likeness (QED) is 0.835. The second-order valence-electron chi connectivity index (χ2n) is 5.06. The first-order valence-electron chi connectivity index (χ1n) is 6.30. The van der Waals surface area contributed by atoms with Crippen molar-refractivity contribution in [1.82, 2.24) is 0 Å². The van der Waals surface area contributed by atoms with Crippen molar-refractivity contribution in [3.8, 4) is 0 Å². The van der Waals surface area contributed by atoms with E-state index >= 15 is 0 Å². The van der Waals surface area contributed by atoms with Crippen LogP contribution in [0.4, 0.5) is 5.69 Å². The van der Waals surface area contributed by atoms with E-state index in [0.29, 0.717) is 5.69 Å². The summed E-state index contributed by atoms with van der Waals surface area (Å²) in [5, 5.41) is 1.19. The van der Waals surface area contributed by atoms with Crippen LogP contribution in [-0.2, 0) is 14.6 Å². The topological polar surface area (TPSA) is 54.5 Å². The summed E-state index contributed by atoms with van der Waals surface area (Å²) < 4.78 is 24.1. The lowest BCUT2D eigenvalue weighted by Gasteiger charge is -2.29. The molecule has 0 spiro atoms. The van der Waals surface area contributed by atoms with Gasteiger partial charge in [-0.25, -0.2) is 8.42 Å². The molecule has 108 valence electrons. The van der Waals surface area contributed by atoms with E-state index in [2.05, 4.69) is 15.9 Å². The molecule has 0 radical (unpaired) electrons. The van der Waals surface area contributed by atoms with Crippen LogP contribution in [0.25, 0.3) is 0 Å². The molecule has 20 heavy (non-hydrogen) atoms. The Hall–Kier alpha value is -1.14. The van der Waals surface area contributed by atoms with E-state index in [1.165, 1.54) is 5.41 Å². The summed E-state index contributed by atoms with van der Waals surface area (Å²) in [6.45, 7) is 3.61. The second-order valence-corrected chi connectivity index (χ2v) is 7.91. The van der Waals surface area contributed by atoms with Crippen LogP contribution in [0.3, 0.4) is 0 Å². The van der Waals surface area contributed by atoms with Crippen molar-refractivity contribution in [2.24, 2.45) is 5.92 Å². The minimum atomic E-state index is -3.20. The van der Waals surface area contributed by atoms with Gasteiger partial charge in [0.2, 0.25) is 5.91 Å². The highest BCUT2D eigenvalue weighted by molar-refractivity contribution is 9.10. The Bertz CT molecular complexity index is 635. The third-order valence-electron chi connectivity index (χ3n) is 3.08. The van der Waals surface area contributed by atoms with Crippen LogP contribution in [0, 0.1) is 5.92 Å². The van der Waals surface area contributed by atoms with Crippen molar-refractivity contribution in [1.29, 1.82) is 0 Å². The van der Waals surface area contributed by atoms with E-state index in [1.807, 2.05) is 24.3 Å². The molecule has 1 aliphatic heterocycles. The molecule has 2 rings (SSSR count). The molecule has 0 unspecified atom stereocenters. The first kappa shape index (κ1) is 15.3. The van der Waals surface area contributed by atoms with Gasteiger partial charge < -0.3 is 4.90 Å². The zero-order chi connectivity index (χ0) is 14.9. The number of hydrogen-bond donors (Lipinski definition) is 0. The van der Waals surface area contributed by atoms with Crippen LogP contribution in [0.15, 0.2) is 40.2 Å². The monoisotopic (exact) mass is 357 g/mol. The van der Waals surface area contributed by atoms with Crippen LogP contribution >= 0.6 is 15.9 Å². The number of rotatable bonds is 3. The fraction of sp³-hybridized carbons (Fsp3) is 0.357. The third kappa shape index (κ3) is 3.30. The molecule has 1 aromatic carbocycles. The molecular weight excluding hydrogens is 342 g/mol. The van der Waals surface area contributed by atoms with Crippen molar-refractivity contribution in [3.63, 3.8) is 0 Å². The SMILES string of the molecule is CC(C)C(=O)N(c1ccc(Br)cc1)[C@H]1C=CS(=O)(=O)C1. The lowest BCUT2D eigenvalue weighted by atomic mass is 10.1. The lowest BCUT2D eigenvalue weighted by Crippen LogP contribution is -2.43. The molecule has 0 aliphatic carbocycles. The molecule has 1 atom stereocenters. The summed E-state index contributed by atoms with van der Waals surface area (Å²) in [7, 11) is -3.20. The number of carbonyl (C=O) groups is 1. The number of hydrogen-bond acceptors (Lipinski definition) is 3. The molecule has 0 bridgehead atoms. The number of nitrogens with zero attached hydrogens (tertiary/aromatic N) is 1. The fourth-order valence-electron chi connectivity index (χ4n) is 2.08. The minimum Gasteiger partial charge on any atom is -0.304 e. The molecule has 0 fully saturated rings. The maximum absolute atomic E-state index is 12.4. The number of amides is 1. The number of sulfone groups is 1. The van der Waals surface area contributed by atoms with Crippen molar-refractivity contribution < 1.29 is 13.2 Å². The lowest BCUT2D eigenvalue weighted by molar-refractivity contribution is -0.121. The molecule has 0 N–H and O–H groups in total. The van der Waals surface area contributed by atoms with E-state index in [0.717, 1.165) is 4.47 Å². The first-order valence-corrected chi connectivity index (χ1v) is 8.80. The molecule has 6 heteroatoms. The maximum Gasteiger partial charge on any atom is 0.230 e. The van der Waals surface area contributed by atoms with E-state index in [4.69, 9.17) is 0 Å². The Kier molecular flexibility index (Phi) is 4.34. The highest BCUT2D eigenvalue weighted by Gasteiger charge is 2.32. The van der Waals surface area contributed by atoms with Gasteiger partial charge in [0.05, 0.1) is 11.8 Å². The van der Waals surface area contributed by atoms with Crippen LogP contribution < -0.4 is 4.90 Å². The van der Waals surface area contributed by atoms with Crippen molar-refractivity contribution >= 4 is 37.4 Å². The molecular formula is C14H16BrNO3S. The number of anilines is 1. The summed E-state index contributed by atoms with van der Waals surface area (Å²) >= 11 is 3.35. The van der Waals surface area contributed by atoms with Gasteiger partial charge in [-0.05, 0) is 30.3 Å². The minimum absolute atomic E-state index is 0.0540. The number of carbonyl (C=O) groups excluding carboxylic acids is 1. The summed E-state index contributed by atoms with van der Waals surface area (Å²) in [6, 6.07) is 6.86. The molecule has 1 amide bonds. The van der Waals surface area contributed by atoms with Gasteiger partial charge in [-0.15, -0.1) is 0 Å². The van der Waals surface area contributed by atoms with Gasteiger partial charge in [0, 0.05) is 21.5 Å². The van der Waals surface area contributed by atoms with Gasteiger partial charge in [-0.3, -0.25) is 4.79 Å². The Morgan fingerprint density at radius 3 is 2.35 bits per heavy atom. The van der Waals surface area contributed by atoms with Crippen LogP contribution in [0.5, 0.6) is 0 Å². The summed E-state index contributed by atoms with van der Waals surface area (Å²) in [5.74, 6) is -0.337. The molecule has 0 saturated carbocycles. The van der Waals surface area contributed by atoms with Gasteiger partial charge in [-0.1, -0.05) is 29.8 Å². The molecule has 0 aromatic heterocycles. The van der Waals surface area contributed by atoms with E-state index in [1.54, 1.807) is 24.8 Å². The van der Waals surface area contributed by atoms with E-state index in [-0.39, 0.29) is 17.6 Å². The zero-order valence-corrected chi connectivity index (χ0v) is 13.7. The molecule has 4 nitrogen and oxygen atoms in total. The highest BCUT2D eigenvalue weighted by Crippen LogP contribution is 2.26. The average molecular weight is 358 g/mol. The van der Waals surface area contributed by atoms with Gasteiger partial charge in [0.1, 0.15) is 0 Å². The third-order valence-corrected chi connectivity index (χ3v) is 4.99. The fourth-order valence-corrected chi connectivity index (χ4v) is 3.61. The van der Waals surface area contributed by atoms with Gasteiger partial charge in [0.15, 0.2) is 9.84 Å². The molecule has 0 saturated heterocycles. The zero-order valence-electron chi connectivity index (χ0n) is 11.3. The normalized spacial score (nSPS) is 20.3.